The first kappa shape index (κ1) is 15.0. The fourth-order valence-electron chi connectivity index (χ4n) is 1.70. The third kappa shape index (κ3) is 5.07. The van der Waals surface area contributed by atoms with Gasteiger partial charge in [0.25, 0.3) is 0 Å². The molecule has 0 bridgehead atoms. The Bertz CT molecular complexity index is 382. The SMILES string of the molecule is CN(CCCCCO)C(=O)Cc1ccccc1Cl. The Morgan fingerprint density at radius 3 is 2.67 bits per heavy atom. The van der Waals surface area contributed by atoms with Gasteiger partial charge in [0, 0.05) is 25.2 Å². The lowest BCUT2D eigenvalue weighted by atomic mass is 10.1. The Balaban J connectivity index is 2.38. The number of rotatable bonds is 7. The van der Waals surface area contributed by atoms with E-state index < -0.39 is 0 Å². The molecule has 0 atom stereocenters. The zero-order valence-electron chi connectivity index (χ0n) is 10.7. The lowest BCUT2D eigenvalue weighted by Crippen LogP contribution is -2.29. The Morgan fingerprint density at radius 2 is 2.00 bits per heavy atom. The second-order valence-electron chi connectivity index (χ2n) is 4.37. The van der Waals surface area contributed by atoms with Crippen molar-refractivity contribution in [2.24, 2.45) is 0 Å². The van der Waals surface area contributed by atoms with Crippen LogP contribution < -0.4 is 0 Å². The summed E-state index contributed by atoms with van der Waals surface area (Å²) in [7, 11) is 1.80. The highest BCUT2D eigenvalue weighted by atomic mass is 35.5. The largest absolute Gasteiger partial charge is 0.396 e. The summed E-state index contributed by atoms with van der Waals surface area (Å²) in [5.74, 6) is 0.0760. The number of benzene rings is 1. The van der Waals surface area contributed by atoms with Crippen LogP contribution in [0.25, 0.3) is 0 Å². The molecule has 0 aromatic heterocycles. The highest BCUT2D eigenvalue weighted by Crippen LogP contribution is 2.16. The Labute approximate surface area is 113 Å². The van der Waals surface area contributed by atoms with E-state index in [1.807, 2.05) is 18.2 Å². The summed E-state index contributed by atoms with van der Waals surface area (Å²) in [6, 6.07) is 7.41. The van der Waals surface area contributed by atoms with Gasteiger partial charge >= 0.3 is 0 Å². The van der Waals surface area contributed by atoms with Gasteiger partial charge in [0.05, 0.1) is 6.42 Å². The maximum atomic E-state index is 11.9. The molecule has 1 N–H and O–H groups in total. The molecule has 3 nitrogen and oxygen atoms in total. The molecule has 1 aromatic carbocycles. The number of amides is 1. The summed E-state index contributed by atoms with van der Waals surface area (Å²) in [4.78, 5) is 13.7. The third-order valence-corrected chi connectivity index (χ3v) is 3.25. The van der Waals surface area contributed by atoms with Crippen molar-refractivity contribution < 1.29 is 9.90 Å². The average molecular weight is 270 g/mol. The van der Waals surface area contributed by atoms with E-state index in [9.17, 15) is 4.79 Å². The number of unbranched alkanes of at least 4 members (excludes halogenated alkanes) is 2. The van der Waals surface area contributed by atoms with Gasteiger partial charge in [-0.2, -0.15) is 0 Å². The molecule has 18 heavy (non-hydrogen) atoms. The zero-order chi connectivity index (χ0) is 13.4. The molecule has 100 valence electrons. The predicted octanol–water partition coefficient (Wildman–Crippen LogP) is 2.50. The van der Waals surface area contributed by atoms with Crippen molar-refractivity contribution in [2.45, 2.75) is 25.7 Å². The number of hydrogen-bond donors (Lipinski definition) is 1. The van der Waals surface area contributed by atoms with Gasteiger partial charge in [0.1, 0.15) is 0 Å². The second kappa shape index (κ2) is 8.11. The molecule has 1 amide bonds. The average Bonchev–Trinajstić information content (AvgIpc) is 2.37. The summed E-state index contributed by atoms with van der Waals surface area (Å²) in [5, 5.41) is 9.31. The van der Waals surface area contributed by atoms with Gasteiger partial charge in [-0.15, -0.1) is 0 Å². The van der Waals surface area contributed by atoms with E-state index in [-0.39, 0.29) is 12.5 Å². The van der Waals surface area contributed by atoms with Gasteiger partial charge in [-0.3, -0.25) is 4.79 Å². The summed E-state index contributed by atoms with van der Waals surface area (Å²) in [6.45, 7) is 0.945. The van der Waals surface area contributed by atoms with E-state index in [0.29, 0.717) is 11.4 Å². The van der Waals surface area contributed by atoms with Gasteiger partial charge in [-0.1, -0.05) is 29.8 Å². The van der Waals surface area contributed by atoms with Crippen molar-refractivity contribution in [1.29, 1.82) is 0 Å². The molecular weight excluding hydrogens is 250 g/mol. The molecule has 0 unspecified atom stereocenters. The lowest BCUT2D eigenvalue weighted by Gasteiger charge is -2.17. The van der Waals surface area contributed by atoms with Crippen LogP contribution >= 0.6 is 11.6 Å². The number of aliphatic hydroxyl groups excluding tert-OH is 1. The quantitative estimate of drug-likeness (QED) is 0.773. The Kier molecular flexibility index (Phi) is 6.76. The smallest absolute Gasteiger partial charge is 0.226 e. The van der Waals surface area contributed by atoms with Gasteiger partial charge in [-0.25, -0.2) is 0 Å². The van der Waals surface area contributed by atoms with E-state index in [1.54, 1.807) is 18.0 Å². The molecule has 0 aliphatic carbocycles. The molecule has 4 heteroatoms. The van der Waals surface area contributed by atoms with Crippen LogP contribution in [0.15, 0.2) is 24.3 Å². The minimum Gasteiger partial charge on any atom is -0.396 e. The van der Waals surface area contributed by atoms with Gasteiger partial charge in [0.2, 0.25) is 5.91 Å². The fraction of sp³-hybridized carbons (Fsp3) is 0.500. The lowest BCUT2D eigenvalue weighted by molar-refractivity contribution is -0.129. The fourth-order valence-corrected chi connectivity index (χ4v) is 1.90. The molecule has 0 radical (unpaired) electrons. The van der Waals surface area contributed by atoms with E-state index in [2.05, 4.69) is 0 Å². The van der Waals surface area contributed by atoms with E-state index in [4.69, 9.17) is 16.7 Å². The molecule has 0 saturated carbocycles. The van der Waals surface area contributed by atoms with E-state index in [0.717, 1.165) is 31.4 Å². The number of hydrogen-bond acceptors (Lipinski definition) is 2. The third-order valence-electron chi connectivity index (χ3n) is 2.88. The normalized spacial score (nSPS) is 10.4. The number of carbonyl (C=O) groups is 1. The topological polar surface area (TPSA) is 40.5 Å². The van der Waals surface area contributed by atoms with Gasteiger partial charge < -0.3 is 10.0 Å². The summed E-state index contributed by atoms with van der Waals surface area (Å²) >= 11 is 6.02. The summed E-state index contributed by atoms with van der Waals surface area (Å²) in [5.41, 5.74) is 0.867. The highest BCUT2D eigenvalue weighted by Gasteiger charge is 2.10. The van der Waals surface area contributed by atoms with Crippen molar-refractivity contribution in [1.82, 2.24) is 4.90 Å². The van der Waals surface area contributed by atoms with E-state index >= 15 is 0 Å². The van der Waals surface area contributed by atoms with E-state index in [1.165, 1.54) is 0 Å². The predicted molar refractivity (Wildman–Crippen MR) is 73.7 cm³/mol. The van der Waals surface area contributed by atoms with Crippen LogP contribution in [0.2, 0.25) is 5.02 Å². The van der Waals surface area contributed by atoms with Crippen molar-refractivity contribution >= 4 is 17.5 Å². The molecule has 0 spiro atoms. The Morgan fingerprint density at radius 1 is 1.28 bits per heavy atom. The van der Waals surface area contributed by atoms with Crippen LogP contribution in [0.1, 0.15) is 24.8 Å². The number of aliphatic hydroxyl groups is 1. The van der Waals surface area contributed by atoms with Crippen molar-refractivity contribution in [3.63, 3.8) is 0 Å². The minimum absolute atomic E-state index is 0.0760. The minimum atomic E-state index is 0.0760. The molecule has 0 fully saturated rings. The number of likely N-dealkylation sites (N-methyl/N-ethyl adjacent to an activating group) is 1. The standard InChI is InChI=1S/C14H20ClNO2/c1-16(9-5-2-6-10-17)14(18)11-12-7-3-4-8-13(12)15/h3-4,7-8,17H,2,5-6,9-11H2,1H3. The second-order valence-corrected chi connectivity index (χ2v) is 4.77. The van der Waals surface area contributed by atoms with Crippen molar-refractivity contribution in [3.8, 4) is 0 Å². The van der Waals surface area contributed by atoms with Crippen molar-refractivity contribution in [3.05, 3.63) is 34.9 Å². The maximum absolute atomic E-state index is 11.9. The zero-order valence-corrected chi connectivity index (χ0v) is 11.5. The molecule has 1 aromatic rings. The molecule has 0 aliphatic heterocycles. The molecule has 0 heterocycles. The number of halogens is 1. The summed E-state index contributed by atoms with van der Waals surface area (Å²) < 4.78 is 0. The maximum Gasteiger partial charge on any atom is 0.226 e. The molecule has 0 saturated heterocycles. The van der Waals surface area contributed by atoms with Crippen molar-refractivity contribution in [2.75, 3.05) is 20.2 Å². The number of nitrogens with zero attached hydrogens (tertiary/aromatic N) is 1. The Hall–Kier alpha value is -1.06. The van der Waals surface area contributed by atoms with Crippen LogP contribution in [0, 0.1) is 0 Å². The molecular formula is C14H20ClNO2. The first-order valence-corrected chi connectivity index (χ1v) is 6.61. The summed E-state index contributed by atoms with van der Waals surface area (Å²) in [6.07, 6.45) is 3.01. The van der Waals surface area contributed by atoms with Crippen LogP contribution in [0.5, 0.6) is 0 Å². The first-order valence-electron chi connectivity index (χ1n) is 6.23. The van der Waals surface area contributed by atoms with Crippen LogP contribution in [-0.2, 0) is 11.2 Å². The number of carbonyl (C=O) groups excluding carboxylic acids is 1. The highest BCUT2D eigenvalue weighted by molar-refractivity contribution is 6.31. The van der Waals surface area contributed by atoms with Crippen LogP contribution in [0.4, 0.5) is 0 Å². The molecule has 0 aliphatic rings. The monoisotopic (exact) mass is 269 g/mol. The van der Waals surface area contributed by atoms with Gasteiger partial charge in [-0.05, 0) is 30.9 Å². The van der Waals surface area contributed by atoms with Crippen LogP contribution in [-0.4, -0.2) is 36.1 Å². The van der Waals surface area contributed by atoms with Crippen LogP contribution in [0.3, 0.4) is 0 Å². The first-order chi connectivity index (χ1) is 8.65. The molecule has 1 rings (SSSR count). The van der Waals surface area contributed by atoms with Gasteiger partial charge in [0.15, 0.2) is 0 Å².